The minimum absolute atomic E-state index is 0.252. The van der Waals surface area contributed by atoms with Crippen LogP contribution in [0.5, 0.6) is 0 Å². The Bertz CT molecular complexity index is 1200. The molecule has 1 atom stereocenters. The van der Waals surface area contributed by atoms with Gasteiger partial charge in [0.2, 0.25) is 0 Å². The van der Waals surface area contributed by atoms with Gasteiger partial charge < -0.3 is 19.2 Å². The van der Waals surface area contributed by atoms with Gasteiger partial charge in [-0.15, -0.1) is 11.3 Å². The summed E-state index contributed by atoms with van der Waals surface area (Å²) in [6, 6.07) is 4.76. The van der Waals surface area contributed by atoms with Gasteiger partial charge in [0.15, 0.2) is 18.1 Å². The third-order valence-corrected chi connectivity index (χ3v) is 7.07. The van der Waals surface area contributed by atoms with E-state index >= 15 is 0 Å². The fourth-order valence-electron chi connectivity index (χ4n) is 4.12. The first-order chi connectivity index (χ1) is 16.5. The van der Waals surface area contributed by atoms with E-state index in [1.54, 1.807) is 32.0 Å². The van der Waals surface area contributed by atoms with Gasteiger partial charge in [-0.05, 0) is 62.8 Å². The normalized spacial score (nSPS) is 14.5. The maximum atomic E-state index is 13.1. The summed E-state index contributed by atoms with van der Waals surface area (Å²) < 4.78 is 16.0. The van der Waals surface area contributed by atoms with Gasteiger partial charge in [0.1, 0.15) is 10.5 Å². The summed E-state index contributed by atoms with van der Waals surface area (Å²) in [6.07, 6.45) is 6.54. The van der Waals surface area contributed by atoms with E-state index in [0.717, 1.165) is 49.0 Å². The van der Waals surface area contributed by atoms with Gasteiger partial charge in [-0.3, -0.25) is 4.79 Å². The zero-order chi connectivity index (χ0) is 24.1. The number of esters is 2. The largest absolute Gasteiger partial charge is 0.462 e. The number of benzene rings is 1. The van der Waals surface area contributed by atoms with E-state index in [9.17, 15) is 14.4 Å². The Hall–Kier alpha value is -3.20. The predicted octanol–water partition coefficient (Wildman–Crippen LogP) is 5.30. The van der Waals surface area contributed by atoms with Crippen molar-refractivity contribution in [2.45, 2.75) is 64.9 Å². The number of fused-ring (bicyclic) bond motifs is 2. The number of oxazole rings is 1. The molecule has 0 radical (unpaired) electrons. The molecule has 9 heteroatoms. The summed E-state index contributed by atoms with van der Waals surface area (Å²) in [7, 11) is 0. The molecule has 4 rings (SSSR count). The second kappa shape index (κ2) is 10.8. The lowest BCUT2D eigenvalue weighted by Crippen LogP contribution is -2.32. The summed E-state index contributed by atoms with van der Waals surface area (Å²) in [5.74, 6) is -1.53. The number of carbonyl (C=O) groups is 3. The molecule has 0 spiro atoms. The topological polar surface area (TPSA) is 108 Å². The molecule has 1 aromatic carbocycles. The Morgan fingerprint density at radius 1 is 1.12 bits per heavy atom. The van der Waals surface area contributed by atoms with Crippen molar-refractivity contribution < 1.29 is 28.3 Å². The highest BCUT2D eigenvalue weighted by atomic mass is 32.1. The monoisotopic (exact) mass is 484 g/mol. The molecule has 1 amide bonds. The Labute approximate surface area is 201 Å². The third-order valence-electron chi connectivity index (χ3n) is 5.87. The molecule has 34 heavy (non-hydrogen) atoms. The maximum absolute atomic E-state index is 13.1. The number of anilines is 1. The first kappa shape index (κ1) is 23.9. The smallest absolute Gasteiger partial charge is 0.341 e. The molecule has 3 aromatic rings. The van der Waals surface area contributed by atoms with Crippen molar-refractivity contribution in [3.05, 3.63) is 46.2 Å². The van der Waals surface area contributed by atoms with Gasteiger partial charge >= 0.3 is 11.9 Å². The first-order valence-corrected chi connectivity index (χ1v) is 12.5. The van der Waals surface area contributed by atoms with Crippen LogP contribution in [-0.2, 0) is 27.1 Å². The Morgan fingerprint density at radius 3 is 2.68 bits per heavy atom. The molecule has 0 saturated heterocycles. The number of aryl methyl sites for hydroxylation is 1. The highest BCUT2D eigenvalue weighted by Crippen LogP contribution is 2.37. The second-order valence-corrected chi connectivity index (χ2v) is 9.27. The molecule has 8 nitrogen and oxygen atoms in total. The summed E-state index contributed by atoms with van der Waals surface area (Å²) in [6.45, 7) is 3.77. The number of aromatic nitrogens is 1. The number of amides is 1. The number of carbonyl (C=O) groups excluding carboxylic acids is 3. The van der Waals surface area contributed by atoms with E-state index in [2.05, 4.69) is 10.3 Å². The van der Waals surface area contributed by atoms with E-state index in [1.165, 1.54) is 17.7 Å². The van der Waals surface area contributed by atoms with E-state index in [1.807, 2.05) is 0 Å². The van der Waals surface area contributed by atoms with Gasteiger partial charge in [-0.2, -0.15) is 0 Å². The average molecular weight is 485 g/mol. The fourth-order valence-corrected chi connectivity index (χ4v) is 5.40. The van der Waals surface area contributed by atoms with Gasteiger partial charge in [0.25, 0.3) is 5.91 Å². The fraction of sp³-hybridized carbons (Fsp3) is 0.440. The summed E-state index contributed by atoms with van der Waals surface area (Å²) in [5, 5.41) is 3.32. The van der Waals surface area contributed by atoms with Crippen LogP contribution in [0.25, 0.3) is 11.1 Å². The van der Waals surface area contributed by atoms with Crippen molar-refractivity contribution in [3.8, 4) is 0 Å². The number of rotatable bonds is 7. The van der Waals surface area contributed by atoms with Crippen molar-refractivity contribution in [1.29, 1.82) is 0 Å². The molecule has 2 aromatic heterocycles. The highest BCUT2D eigenvalue weighted by Gasteiger charge is 2.29. The number of nitrogens with one attached hydrogen (secondary N) is 1. The lowest BCUT2D eigenvalue weighted by Gasteiger charge is -2.16. The third kappa shape index (κ3) is 5.14. The average Bonchev–Trinajstić information content (AvgIpc) is 3.41. The minimum atomic E-state index is -1.01. The zero-order valence-electron chi connectivity index (χ0n) is 19.3. The maximum Gasteiger partial charge on any atom is 0.341 e. The van der Waals surface area contributed by atoms with Crippen LogP contribution < -0.4 is 5.32 Å². The molecule has 0 aliphatic heterocycles. The summed E-state index contributed by atoms with van der Waals surface area (Å²) in [5.41, 5.74) is 2.78. The molecule has 2 heterocycles. The summed E-state index contributed by atoms with van der Waals surface area (Å²) >= 11 is 1.42. The van der Waals surface area contributed by atoms with Crippen molar-refractivity contribution in [2.24, 2.45) is 0 Å². The van der Waals surface area contributed by atoms with E-state index < -0.39 is 23.9 Å². The van der Waals surface area contributed by atoms with Crippen LogP contribution in [0.15, 0.2) is 29.0 Å². The molecule has 0 fully saturated rings. The number of hydrogen-bond acceptors (Lipinski definition) is 8. The van der Waals surface area contributed by atoms with Gasteiger partial charge in [-0.25, -0.2) is 14.6 Å². The molecule has 0 bridgehead atoms. The quantitative estimate of drug-likeness (QED) is 0.453. The minimum Gasteiger partial charge on any atom is -0.462 e. The van der Waals surface area contributed by atoms with E-state index in [4.69, 9.17) is 13.9 Å². The van der Waals surface area contributed by atoms with E-state index in [0.29, 0.717) is 21.7 Å². The lowest BCUT2D eigenvalue weighted by molar-refractivity contribution is -0.124. The highest BCUT2D eigenvalue weighted by molar-refractivity contribution is 7.17. The molecular formula is C25H28N2O6S. The van der Waals surface area contributed by atoms with Crippen LogP contribution in [0.4, 0.5) is 5.00 Å². The Balaban J connectivity index is 1.54. The predicted molar refractivity (Wildman–Crippen MR) is 128 cm³/mol. The van der Waals surface area contributed by atoms with Crippen molar-refractivity contribution in [1.82, 2.24) is 4.98 Å². The van der Waals surface area contributed by atoms with Crippen LogP contribution in [0.2, 0.25) is 0 Å². The molecule has 180 valence electrons. The van der Waals surface area contributed by atoms with Crippen LogP contribution in [0, 0.1) is 0 Å². The number of ether oxygens (including phenoxy) is 2. The molecule has 1 unspecified atom stereocenters. The molecule has 1 aliphatic carbocycles. The molecular weight excluding hydrogens is 456 g/mol. The SMILES string of the molecule is CCOC(=O)c1c(NC(=O)C(CC)OC(=O)c2ccc3ocnc3c2)sc2c1CCCCCC2. The first-order valence-electron chi connectivity index (χ1n) is 11.7. The van der Waals surface area contributed by atoms with Gasteiger partial charge in [-0.1, -0.05) is 19.8 Å². The van der Waals surface area contributed by atoms with Crippen LogP contribution in [-0.4, -0.2) is 35.5 Å². The van der Waals surface area contributed by atoms with Crippen LogP contribution in [0.3, 0.4) is 0 Å². The Morgan fingerprint density at radius 2 is 1.91 bits per heavy atom. The zero-order valence-corrected chi connectivity index (χ0v) is 20.2. The number of hydrogen-bond donors (Lipinski definition) is 1. The van der Waals surface area contributed by atoms with Crippen molar-refractivity contribution in [3.63, 3.8) is 0 Å². The van der Waals surface area contributed by atoms with E-state index in [-0.39, 0.29) is 18.6 Å². The number of nitrogens with zero attached hydrogens (tertiary/aromatic N) is 1. The lowest BCUT2D eigenvalue weighted by atomic mass is 9.96. The van der Waals surface area contributed by atoms with Crippen molar-refractivity contribution >= 4 is 45.3 Å². The molecule has 1 aliphatic rings. The van der Waals surface area contributed by atoms with Gasteiger partial charge in [0.05, 0.1) is 17.7 Å². The van der Waals surface area contributed by atoms with Crippen LogP contribution >= 0.6 is 11.3 Å². The molecule has 1 N–H and O–H groups in total. The summed E-state index contributed by atoms with van der Waals surface area (Å²) in [4.78, 5) is 43.8. The van der Waals surface area contributed by atoms with Gasteiger partial charge in [0, 0.05) is 4.88 Å². The van der Waals surface area contributed by atoms with Crippen molar-refractivity contribution in [2.75, 3.05) is 11.9 Å². The number of thiophene rings is 1. The molecule has 0 saturated carbocycles. The standard InChI is InChI=1S/C25H28N2O6S/c1-3-18(33-24(29)15-11-12-19-17(13-15)26-14-32-19)22(28)27-23-21(25(30)31-4-2)16-9-7-5-6-8-10-20(16)34-23/h11-14,18H,3-10H2,1-2H3,(H,27,28). The Kier molecular flexibility index (Phi) is 7.62. The van der Waals surface area contributed by atoms with Crippen LogP contribution in [0.1, 0.15) is 77.1 Å². The second-order valence-electron chi connectivity index (χ2n) is 8.17.